The first kappa shape index (κ1) is 10.5. The van der Waals surface area contributed by atoms with Gasteiger partial charge in [-0.25, -0.2) is 0 Å². The summed E-state index contributed by atoms with van der Waals surface area (Å²) in [5.41, 5.74) is 0. The summed E-state index contributed by atoms with van der Waals surface area (Å²) in [6.45, 7) is 4.76. The van der Waals surface area contributed by atoms with E-state index in [0.29, 0.717) is 18.9 Å². The molecule has 0 saturated carbocycles. The van der Waals surface area contributed by atoms with Crippen molar-refractivity contribution in [3.8, 4) is 0 Å². The molecule has 76 valence electrons. The van der Waals surface area contributed by atoms with E-state index in [4.69, 9.17) is 4.74 Å². The molecule has 0 radical (unpaired) electrons. The fourth-order valence-electron chi connectivity index (χ4n) is 1.57. The molecule has 0 aromatic rings. The van der Waals surface area contributed by atoms with Gasteiger partial charge in [-0.3, -0.25) is 4.79 Å². The molecule has 1 aliphatic rings. The first-order valence-electron chi connectivity index (χ1n) is 5.19. The molecule has 1 heterocycles. The van der Waals surface area contributed by atoms with Crippen LogP contribution in [0, 0.1) is 5.92 Å². The lowest BCUT2D eigenvalue weighted by Gasteiger charge is -2.07. The Bertz CT molecular complexity index is 153. The summed E-state index contributed by atoms with van der Waals surface area (Å²) in [5.74, 6) is 0.655. The number of nitrogens with one attached hydrogen (secondary N) is 1. The van der Waals surface area contributed by atoms with Gasteiger partial charge in [-0.2, -0.15) is 0 Å². The van der Waals surface area contributed by atoms with E-state index < -0.39 is 0 Å². The Kier molecular flexibility index (Phi) is 4.83. The van der Waals surface area contributed by atoms with Gasteiger partial charge in [0, 0.05) is 6.42 Å². The molecule has 3 heteroatoms. The van der Waals surface area contributed by atoms with E-state index in [0.717, 1.165) is 25.9 Å². The number of carbonyl (C=O) groups excluding carboxylic acids is 1. The monoisotopic (exact) mass is 185 g/mol. The highest BCUT2D eigenvalue weighted by Gasteiger charge is 2.15. The molecule has 0 spiro atoms. The first-order chi connectivity index (χ1) is 6.33. The Balaban J connectivity index is 2.00. The van der Waals surface area contributed by atoms with Gasteiger partial charge in [0.25, 0.3) is 0 Å². The van der Waals surface area contributed by atoms with E-state index in [9.17, 15) is 4.79 Å². The lowest BCUT2D eigenvalue weighted by atomic mass is 10.0. The lowest BCUT2D eigenvalue weighted by Crippen LogP contribution is -2.11. The zero-order valence-electron chi connectivity index (χ0n) is 8.34. The largest absolute Gasteiger partial charge is 0.466 e. The van der Waals surface area contributed by atoms with Crippen LogP contribution in [0.4, 0.5) is 0 Å². The fourth-order valence-corrected chi connectivity index (χ4v) is 1.57. The van der Waals surface area contributed by atoms with Crippen LogP contribution in [0.3, 0.4) is 0 Å². The smallest absolute Gasteiger partial charge is 0.305 e. The van der Waals surface area contributed by atoms with Crippen LogP contribution in [0.1, 0.15) is 32.6 Å². The molecule has 1 aliphatic heterocycles. The summed E-state index contributed by atoms with van der Waals surface area (Å²) in [6.07, 6.45) is 3.69. The third kappa shape index (κ3) is 4.27. The molecular formula is C10H19NO2. The van der Waals surface area contributed by atoms with Gasteiger partial charge in [-0.15, -0.1) is 0 Å². The molecule has 1 saturated heterocycles. The fraction of sp³-hybridized carbons (Fsp3) is 0.900. The number of hydrogen-bond acceptors (Lipinski definition) is 3. The van der Waals surface area contributed by atoms with Gasteiger partial charge in [0.1, 0.15) is 0 Å². The van der Waals surface area contributed by atoms with Crippen molar-refractivity contribution in [3.05, 3.63) is 0 Å². The van der Waals surface area contributed by atoms with Crippen molar-refractivity contribution < 1.29 is 9.53 Å². The SMILES string of the molecule is CCCOC(=O)CCC1CCNC1. The number of ether oxygens (including phenoxy) is 1. The van der Waals surface area contributed by atoms with E-state index in [1.54, 1.807) is 0 Å². The number of esters is 1. The second-order valence-electron chi connectivity index (χ2n) is 3.62. The molecule has 1 N–H and O–H groups in total. The maximum absolute atomic E-state index is 11.1. The predicted molar refractivity (Wildman–Crippen MR) is 51.5 cm³/mol. The zero-order chi connectivity index (χ0) is 9.52. The van der Waals surface area contributed by atoms with Crippen LogP contribution >= 0.6 is 0 Å². The van der Waals surface area contributed by atoms with E-state index >= 15 is 0 Å². The van der Waals surface area contributed by atoms with Gasteiger partial charge in [0.2, 0.25) is 0 Å². The van der Waals surface area contributed by atoms with E-state index in [1.165, 1.54) is 6.42 Å². The molecule has 1 fully saturated rings. The van der Waals surface area contributed by atoms with Crippen molar-refractivity contribution in [2.24, 2.45) is 5.92 Å². The van der Waals surface area contributed by atoms with Gasteiger partial charge in [-0.1, -0.05) is 6.92 Å². The third-order valence-corrected chi connectivity index (χ3v) is 2.39. The normalized spacial score (nSPS) is 21.8. The Morgan fingerprint density at radius 2 is 2.46 bits per heavy atom. The molecule has 0 aromatic heterocycles. The van der Waals surface area contributed by atoms with Gasteiger partial charge >= 0.3 is 5.97 Å². The van der Waals surface area contributed by atoms with Crippen molar-refractivity contribution >= 4 is 5.97 Å². The highest BCUT2D eigenvalue weighted by Crippen LogP contribution is 2.14. The molecule has 0 aliphatic carbocycles. The average molecular weight is 185 g/mol. The number of rotatable bonds is 5. The van der Waals surface area contributed by atoms with E-state index in [1.807, 2.05) is 6.92 Å². The molecule has 13 heavy (non-hydrogen) atoms. The molecule has 0 amide bonds. The van der Waals surface area contributed by atoms with Crippen LogP contribution in [0.25, 0.3) is 0 Å². The van der Waals surface area contributed by atoms with E-state index in [-0.39, 0.29) is 5.97 Å². The van der Waals surface area contributed by atoms with Crippen molar-refractivity contribution in [2.45, 2.75) is 32.6 Å². The summed E-state index contributed by atoms with van der Waals surface area (Å²) >= 11 is 0. The molecule has 0 bridgehead atoms. The first-order valence-corrected chi connectivity index (χ1v) is 5.19. The minimum absolute atomic E-state index is 0.0336. The molecule has 0 aromatic carbocycles. The van der Waals surface area contributed by atoms with Gasteiger partial charge in [0.15, 0.2) is 0 Å². The van der Waals surface area contributed by atoms with Crippen LogP contribution in [0.5, 0.6) is 0 Å². The number of hydrogen-bond donors (Lipinski definition) is 1. The predicted octanol–water partition coefficient (Wildman–Crippen LogP) is 1.33. The molecule has 3 nitrogen and oxygen atoms in total. The molecule has 1 unspecified atom stereocenters. The Morgan fingerprint density at radius 3 is 3.08 bits per heavy atom. The summed E-state index contributed by atoms with van der Waals surface area (Å²) in [6, 6.07) is 0. The minimum Gasteiger partial charge on any atom is -0.466 e. The molecule has 1 atom stereocenters. The Morgan fingerprint density at radius 1 is 1.62 bits per heavy atom. The van der Waals surface area contributed by atoms with Crippen molar-refractivity contribution in [2.75, 3.05) is 19.7 Å². The third-order valence-electron chi connectivity index (χ3n) is 2.39. The number of carbonyl (C=O) groups is 1. The molecular weight excluding hydrogens is 166 g/mol. The summed E-state index contributed by atoms with van der Waals surface area (Å²) in [4.78, 5) is 11.1. The Hall–Kier alpha value is -0.570. The maximum atomic E-state index is 11.1. The van der Waals surface area contributed by atoms with Gasteiger partial charge in [0.05, 0.1) is 6.61 Å². The standard InChI is InChI=1S/C10H19NO2/c1-2-7-13-10(12)4-3-9-5-6-11-8-9/h9,11H,2-8H2,1H3. The van der Waals surface area contributed by atoms with Crippen molar-refractivity contribution in [3.63, 3.8) is 0 Å². The van der Waals surface area contributed by atoms with E-state index in [2.05, 4.69) is 5.32 Å². The second-order valence-corrected chi connectivity index (χ2v) is 3.62. The summed E-state index contributed by atoms with van der Waals surface area (Å²) < 4.78 is 4.99. The highest BCUT2D eigenvalue weighted by molar-refractivity contribution is 5.69. The highest BCUT2D eigenvalue weighted by atomic mass is 16.5. The van der Waals surface area contributed by atoms with Gasteiger partial charge < -0.3 is 10.1 Å². The summed E-state index contributed by atoms with van der Waals surface area (Å²) in [5, 5.41) is 3.29. The van der Waals surface area contributed by atoms with Crippen LogP contribution in [0.15, 0.2) is 0 Å². The molecule has 1 rings (SSSR count). The van der Waals surface area contributed by atoms with Crippen LogP contribution in [0.2, 0.25) is 0 Å². The topological polar surface area (TPSA) is 38.3 Å². The maximum Gasteiger partial charge on any atom is 0.305 e. The quantitative estimate of drug-likeness (QED) is 0.657. The Labute approximate surface area is 79.8 Å². The lowest BCUT2D eigenvalue weighted by molar-refractivity contribution is -0.143. The average Bonchev–Trinajstić information content (AvgIpc) is 2.64. The van der Waals surface area contributed by atoms with Gasteiger partial charge in [-0.05, 0) is 38.3 Å². The second kappa shape index (κ2) is 5.97. The zero-order valence-corrected chi connectivity index (χ0v) is 8.34. The minimum atomic E-state index is -0.0336. The van der Waals surface area contributed by atoms with Crippen LogP contribution < -0.4 is 5.32 Å². The van der Waals surface area contributed by atoms with Crippen molar-refractivity contribution in [1.29, 1.82) is 0 Å². The van der Waals surface area contributed by atoms with Crippen LogP contribution in [-0.4, -0.2) is 25.7 Å². The van der Waals surface area contributed by atoms with Crippen LogP contribution in [-0.2, 0) is 9.53 Å². The van der Waals surface area contributed by atoms with Crippen molar-refractivity contribution in [1.82, 2.24) is 5.32 Å². The summed E-state index contributed by atoms with van der Waals surface area (Å²) in [7, 11) is 0.